The molecule has 2 rings (SSSR count). The third-order valence-corrected chi connectivity index (χ3v) is 3.28. The number of anilines is 1. The monoisotopic (exact) mass is 301 g/mol. The van der Waals surface area contributed by atoms with Gasteiger partial charge in [-0.05, 0) is 61.7 Å². The highest BCUT2D eigenvalue weighted by atomic mass is 19.1. The number of aryl methyl sites for hydroxylation is 1. The summed E-state index contributed by atoms with van der Waals surface area (Å²) in [6.45, 7) is 2.98. The molecule has 0 spiro atoms. The highest BCUT2D eigenvalue weighted by Crippen LogP contribution is 2.11. The molecule has 0 heterocycles. The molecule has 0 saturated carbocycles. The standard InChI is InChI=1S/C18H20FNO2/c1-2-22-18(21)15-7-11-17(12-8-15)20-13-3-4-14-5-9-16(19)10-6-14/h5-12,20H,2-4,13H2,1H3. The molecule has 0 aliphatic carbocycles. The van der Waals surface area contributed by atoms with E-state index in [-0.39, 0.29) is 11.8 Å². The van der Waals surface area contributed by atoms with Crippen molar-refractivity contribution in [3.63, 3.8) is 0 Å². The van der Waals surface area contributed by atoms with E-state index < -0.39 is 0 Å². The van der Waals surface area contributed by atoms with Gasteiger partial charge in [0, 0.05) is 12.2 Å². The number of carbonyl (C=O) groups is 1. The van der Waals surface area contributed by atoms with Crippen LogP contribution in [-0.4, -0.2) is 19.1 Å². The molecular weight excluding hydrogens is 281 g/mol. The van der Waals surface area contributed by atoms with Crippen LogP contribution in [0.2, 0.25) is 0 Å². The summed E-state index contributed by atoms with van der Waals surface area (Å²) in [6.07, 6.45) is 1.85. The van der Waals surface area contributed by atoms with Gasteiger partial charge in [0.2, 0.25) is 0 Å². The minimum atomic E-state index is -0.301. The second-order valence-corrected chi connectivity index (χ2v) is 4.95. The summed E-state index contributed by atoms with van der Waals surface area (Å²) < 4.78 is 17.7. The van der Waals surface area contributed by atoms with Gasteiger partial charge in [-0.25, -0.2) is 9.18 Å². The molecule has 0 aliphatic heterocycles. The quantitative estimate of drug-likeness (QED) is 0.619. The Morgan fingerprint density at radius 3 is 2.41 bits per heavy atom. The van der Waals surface area contributed by atoms with Crippen molar-refractivity contribution in [1.29, 1.82) is 0 Å². The zero-order valence-electron chi connectivity index (χ0n) is 12.6. The zero-order chi connectivity index (χ0) is 15.8. The molecule has 0 radical (unpaired) electrons. The molecular formula is C18H20FNO2. The Morgan fingerprint density at radius 2 is 1.77 bits per heavy atom. The predicted octanol–water partition coefficient (Wildman–Crippen LogP) is 4.05. The molecule has 0 saturated heterocycles. The van der Waals surface area contributed by atoms with Gasteiger partial charge in [-0.2, -0.15) is 0 Å². The number of nitrogens with one attached hydrogen (secondary N) is 1. The van der Waals surface area contributed by atoms with Crippen LogP contribution in [0.4, 0.5) is 10.1 Å². The van der Waals surface area contributed by atoms with E-state index in [1.54, 1.807) is 19.1 Å². The molecule has 0 aromatic heterocycles. The van der Waals surface area contributed by atoms with E-state index in [4.69, 9.17) is 4.74 Å². The normalized spacial score (nSPS) is 10.3. The average molecular weight is 301 g/mol. The van der Waals surface area contributed by atoms with Crippen molar-refractivity contribution in [2.24, 2.45) is 0 Å². The molecule has 2 aromatic carbocycles. The second kappa shape index (κ2) is 8.17. The molecule has 0 unspecified atom stereocenters. The average Bonchev–Trinajstić information content (AvgIpc) is 2.54. The number of rotatable bonds is 7. The number of halogens is 1. The van der Waals surface area contributed by atoms with Crippen LogP contribution in [0.15, 0.2) is 48.5 Å². The van der Waals surface area contributed by atoms with E-state index in [0.29, 0.717) is 12.2 Å². The highest BCUT2D eigenvalue weighted by Gasteiger charge is 2.05. The van der Waals surface area contributed by atoms with Crippen LogP contribution in [0, 0.1) is 5.82 Å². The molecule has 0 amide bonds. The molecule has 0 aliphatic rings. The van der Waals surface area contributed by atoms with Crippen molar-refractivity contribution < 1.29 is 13.9 Å². The fourth-order valence-corrected chi connectivity index (χ4v) is 2.11. The van der Waals surface area contributed by atoms with Gasteiger partial charge in [0.05, 0.1) is 12.2 Å². The Bertz CT molecular complexity index is 593. The summed E-state index contributed by atoms with van der Waals surface area (Å²) in [4.78, 5) is 11.5. The first-order valence-corrected chi connectivity index (χ1v) is 7.44. The van der Waals surface area contributed by atoms with E-state index >= 15 is 0 Å². The number of hydrogen-bond acceptors (Lipinski definition) is 3. The molecule has 1 N–H and O–H groups in total. The zero-order valence-corrected chi connectivity index (χ0v) is 12.6. The largest absolute Gasteiger partial charge is 0.462 e. The maximum atomic E-state index is 12.8. The van der Waals surface area contributed by atoms with Crippen LogP contribution in [0.3, 0.4) is 0 Å². The third kappa shape index (κ3) is 4.88. The lowest BCUT2D eigenvalue weighted by Crippen LogP contribution is -2.06. The van der Waals surface area contributed by atoms with Gasteiger partial charge in [0.1, 0.15) is 5.82 Å². The molecule has 0 bridgehead atoms. The number of carbonyl (C=O) groups excluding carboxylic acids is 1. The third-order valence-electron chi connectivity index (χ3n) is 3.28. The van der Waals surface area contributed by atoms with Gasteiger partial charge in [-0.3, -0.25) is 0 Å². The molecule has 0 fully saturated rings. The van der Waals surface area contributed by atoms with Gasteiger partial charge < -0.3 is 10.1 Å². The Balaban J connectivity index is 1.75. The fourth-order valence-electron chi connectivity index (χ4n) is 2.11. The molecule has 116 valence electrons. The first-order chi connectivity index (χ1) is 10.7. The van der Waals surface area contributed by atoms with Crippen molar-refractivity contribution in [2.75, 3.05) is 18.5 Å². The van der Waals surface area contributed by atoms with Crippen LogP contribution in [0.1, 0.15) is 29.3 Å². The predicted molar refractivity (Wildman–Crippen MR) is 85.6 cm³/mol. The molecule has 4 heteroatoms. The van der Waals surface area contributed by atoms with E-state index in [9.17, 15) is 9.18 Å². The van der Waals surface area contributed by atoms with Gasteiger partial charge >= 0.3 is 5.97 Å². The molecule has 0 atom stereocenters. The Morgan fingerprint density at radius 1 is 1.09 bits per heavy atom. The first-order valence-electron chi connectivity index (χ1n) is 7.44. The van der Waals surface area contributed by atoms with Gasteiger partial charge in [-0.1, -0.05) is 12.1 Å². The van der Waals surface area contributed by atoms with Crippen LogP contribution >= 0.6 is 0 Å². The summed E-state index contributed by atoms with van der Waals surface area (Å²) in [6, 6.07) is 13.8. The van der Waals surface area contributed by atoms with Gasteiger partial charge in [0.25, 0.3) is 0 Å². The van der Waals surface area contributed by atoms with Crippen LogP contribution in [0.25, 0.3) is 0 Å². The lowest BCUT2D eigenvalue weighted by molar-refractivity contribution is 0.0526. The maximum absolute atomic E-state index is 12.8. The molecule has 22 heavy (non-hydrogen) atoms. The van der Waals surface area contributed by atoms with Crippen molar-refractivity contribution in [3.8, 4) is 0 Å². The highest BCUT2D eigenvalue weighted by molar-refractivity contribution is 5.89. The van der Waals surface area contributed by atoms with Crippen molar-refractivity contribution in [2.45, 2.75) is 19.8 Å². The topological polar surface area (TPSA) is 38.3 Å². The Kier molecular flexibility index (Phi) is 5.95. The summed E-state index contributed by atoms with van der Waals surface area (Å²) in [5, 5.41) is 3.30. The number of hydrogen-bond donors (Lipinski definition) is 1. The maximum Gasteiger partial charge on any atom is 0.338 e. The minimum absolute atomic E-state index is 0.205. The lowest BCUT2D eigenvalue weighted by Gasteiger charge is -2.07. The number of ether oxygens (including phenoxy) is 1. The SMILES string of the molecule is CCOC(=O)c1ccc(NCCCc2ccc(F)cc2)cc1. The van der Waals surface area contributed by atoms with E-state index in [1.807, 2.05) is 24.3 Å². The van der Waals surface area contributed by atoms with Crippen LogP contribution in [-0.2, 0) is 11.2 Å². The van der Waals surface area contributed by atoms with E-state index in [2.05, 4.69) is 5.32 Å². The fraction of sp³-hybridized carbons (Fsp3) is 0.278. The van der Waals surface area contributed by atoms with Crippen LogP contribution < -0.4 is 5.32 Å². The van der Waals surface area contributed by atoms with Crippen molar-refractivity contribution in [3.05, 3.63) is 65.5 Å². The number of esters is 1. The second-order valence-electron chi connectivity index (χ2n) is 4.95. The first kappa shape index (κ1) is 16.0. The summed E-state index contributed by atoms with van der Waals surface area (Å²) in [7, 11) is 0. The van der Waals surface area contributed by atoms with Gasteiger partial charge in [0.15, 0.2) is 0 Å². The van der Waals surface area contributed by atoms with Gasteiger partial charge in [-0.15, -0.1) is 0 Å². The summed E-state index contributed by atoms with van der Waals surface area (Å²) >= 11 is 0. The van der Waals surface area contributed by atoms with Crippen molar-refractivity contribution >= 4 is 11.7 Å². The lowest BCUT2D eigenvalue weighted by atomic mass is 10.1. The van der Waals surface area contributed by atoms with Crippen molar-refractivity contribution in [1.82, 2.24) is 0 Å². The Labute approximate surface area is 130 Å². The molecule has 3 nitrogen and oxygen atoms in total. The summed E-state index contributed by atoms with van der Waals surface area (Å²) in [5.41, 5.74) is 2.65. The molecule has 2 aromatic rings. The van der Waals surface area contributed by atoms with E-state index in [1.165, 1.54) is 12.1 Å². The summed E-state index contributed by atoms with van der Waals surface area (Å²) in [5.74, 6) is -0.506. The Hall–Kier alpha value is -2.36. The minimum Gasteiger partial charge on any atom is -0.462 e. The number of benzene rings is 2. The van der Waals surface area contributed by atoms with Crippen LogP contribution in [0.5, 0.6) is 0 Å². The smallest absolute Gasteiger partial charge is 0.338 e. The van der Waals surface area contributed by atoms with E-state index in [0.717, 1.165) is 30.6 Å².